The van der Waals surface area contributed by atoms with E-state index in [0.29, 0.717) is 56.7 Å². The minimum atomic E-state index is 0.0790. The molecule has 3 rings (SSSR count). The Labute approximate surface area is 178 Å². The second kappa shape index (κ2) is 9.29. The molecule has 1 amide bonds. The summed E-state index contributed by atoms with van der Waals surface area (Å²) in [5.41, 5.74) is 1.32. The van der Waals surface area contributed by atoms with E-state index >= 15 is 0 Å². The van der Waals surface area contributed by atoms with Crippen LogP contribution in [0.15, 0.2) is 27.1 Å². The van der Waals surface area contributed by atoms with Crippen LogP contribution in [0.1, 0.15) is 17.1 Å². The highest BCUT2D eigenvalue weighted by atomic mass is 79.9. The lowest BCUT2D eigenvalue weighted by molar-refractivity contribution is -0.132. The fourth-order valence-corrected chi connectivity index (χ4v) is 3.82. The molecule has 8 nitrogen and oxygen atoms in total. The molecule has 1 aliphatic rings. The van der Waals surface area contributed by atoms with Crippen LogP contribution in [0.2, 0.25) is 0 Å². The Bertz CT molecular complexity index is 915. The van der Waals surface area contributed by atoms with Crippen molar-refractivity contribution in [2.45, 2.75) is 13.5 Å². The van der Waals surface area contributed by atoms with Gasteiger partial charge in [-0.25, -0.2) is 4.98 Å². The van der Waals surface area contributed by atoms with Gasteiger partial charge >= 0.3 is 0 Å². The van der Waals surface area contributed by atoms with E-state index in [2.05, 4.69) is 27.0 Å². The Morgan fingerprint density at radius 3 is 2.76 bits per heavy atom. The molecule has 154 valence electrons. The second-order valence-corrected chi connectivity index (χ2v) is 7.91. The van der Waals surface area contributed by atoms with E-state index in [4.69, 9.17) is 9.15 Å². The Kier molecular flexibility index (Phi) is 6.77. The molecule has 1 saturated heterocycles. The maximum absolute atomic E-state index is 12.7. The number of anilines is 1. The van der Waals surface area contributed by atoms with Crippen molar-refractivity contribution in [3.05, 3.63) is 39.8 Å². The fourth-order valence-electron chi connectivity index (χ4n) is 3.41. The highest BCUT2D eigenvalue weighted by Crippen LogP contribution is 2.25. The van der Waals surface area contributed by atoms with E-state index in [9.17, 15) is 10.1 Å². The molecule has 0 atom stereocenters. The van der Waals surface area contributed by atoms with Gasteiger partial charge in [-0.1, -0.05) is 15.9 Å². The molecule has 0 radical (unpaired) electrons. The molecule has 1 fully saturated rings. The zero-order valence-electron chi connectivity index (χ0n) is 16.8. The molecular formula is C20H24BrN5O3. The van der Waals surface area contributed by atoms with Gasteiger partial charge in [0.1, 0.15) is 11.8 Å². The van der Waals surface area contributed by atoms with Crippen molar-refractivity contribution in [1.82, 2.24) is 14.8 Å². The topological polar surface area (TPSA) is 85.8 Å². The van der Waals surface area contributed by atoms with Gasteiger partial charge in [-0.3, -0.25) is 9.69 Å². The Morgan fingerprint density at radius 1 is 1.38 bits per heavy atom. The minimum absolute atomic E-state index is 0.0790. The van der Waals surface area contributed by atoms with Gasteiger partial charge in [0.15, 0.2) is 5.89 Å². The molecule has 0 spiro atoms. The SMILES string of the molecule is COc1ccc(Br)cc1CN(C)CC(=O)N1CCN(c2oc(C)nc2C#N)CC1. The van der Waals surface area contributed by atoms with Gasteiger partial charge in [0.25, 0.3) is 0 Å². The van der Waals surface area contributed by atoms with Gasteiger partial charge < -0.3 is 19.0 Å². The van der Waals surface area contributed by atoms with Crippen molar-refractivity contribution in [2.24, 2.45) is 0 Å². The fraction of sp³-hybridized carbons (Fsp3) is 0.450. The lowest BCUT2D eigenvalue weighted by Gasteiger charge is -2.35. The summed E-state index contributed by atoms with van der Waals surface area (Å²) in [5, 5.41) is 9.20. The molecule has 0 aliphatic carbocycles. The summed E-state index contributed by atoms with van der Waals surface area (Å²) in [5.74, 6) is 1.85. The average Bonchev–Trinajstić information content (AvgIpc) is 3.09. The Balaban J connectivity index is 1.54. The highest BCUT2D eigenvalue weighted by Gasteiger charge is 2.26. The number of piperazine rings is 1. The predicted molar refractivity (Wildman–Crippen MR) is 112 cm³/mol. The zero-order chi connectivity index (χ0) is 21.0. The van der Waals surface area contributed by atoms with Gasteiger partial charge in [0.2, 0.25) is 17.5 Å². The second-order valence-electron chi connectivity index (χ2n) is 6.99. The van der Waals surface area contributed by atoms with Crippen LogP contribution < -0.4 is 9.64 Å². The number of halogens is 1. The maximum atomic E-state index is 12.7. The third kappa shape index (κ3) is 5.08. The number of methoxy groups -OCH3 is 1. The monoisotopic (exact) mass is 461 g/mol. The summed E-state index contributed by atoms with van der Waals surface area (Å²) in [6.45, 7) is 5.03. The van der Waals surface area contributed by atoms with Crippen LogP contribution in [0.5, 0.6) is 5.75 Å². The van der Waals surface area contributed by atoms with E-state index in [1.165, 1.54) is 0 Å². The first-order valence-corrected chi connectivity index (χ1v) is 10.1. The third-order valence-corrected chi connectivity index (χ3v) is 5.32. The van der Waals surface area contributed by atoms with Crippen LogP contribution in [0, 0.1) is 18.3 Å². The van der Waals surface area contributed by atoms with Crippen molar-refractivity contribution in [2.75, 3.05) is 51.8 Å². The summed E-state index contributed by atoms with van der Waals surface area (Å²) in [4.78, 5) is 22.6. The maximum Gasteiger partial charge on any atom is 0.236 e. The summed E-state index contributed by atoms with van der Waals surface area (Å²) in [7, 11) is 3.57. The van der Waals surface area contributed by atoms with Crippen LogP contribution in [-0.4, -0.2) is 67.6 Å². The molecule has 0 saturated carbocycles. The first-order valence-electron chi connectivity index (χ1n) is 9.32. The van der Waals surface area contributed by atoms with Gasteiger partial charge in [-0.15, -0.1) is 0 Å². The number of oxazole rings is 1. The van der Waals surface area contributed by atoms with Crippen molar-refractivity contribution < 1.29 is 13.9 Å². The first-order chi connectivity index (χ1) is 13.9. The minimum Gasteiger partial charge on any atom is -0.496 e. The lowest BCUT2D eigenvalue weighted by atomic mass is 10.2. The molecule has 2 heterocycles. The number of ether oxygens (including phenoxy) is 1. The molecule has 1 aromatic heterocycles. The van der Waals surface area contributed by atoms with Crippen LogP contribution in [0.3, 0.4) is 0 Å². The van der Waals surface area contributed by atoms with Gasteiger partial charge in [0, 0.05) is 49.7 Å². The quantitative estimate of drug-likeness (QED) is 0.652. The van der Waals surface area contributed by atoms with Gasteiger partial charge in [0.05, 0.1) is 13.7 Å². The molecule has 1 aromatic carbocycles. The zero-order valence-corrected chi connectivity index (χ0v) is 18.4. The summed E-state index contributed by atoms with van der Waals surface area (Å²) >= 11 is 3.48. The van der Waals surface area contributed by atoms with E-state index in [0.717, 1.165) is 15.8 Å². The molecule has 0 unspecified atom stereocenters. The molecule has 0 bridgehead atoms. The highest BCUT2D eigenvalue weighted by molar-refractivity contribution is 9.10. The van der Waals surface area contributed by atoms with E-state index in [1.54, 1.807) is 14.0 Å². The number of likely N-dealkylation sites (N-methyl/N-ethyl adjacent to an activating group) is 1. The van der Waals surface area contributed by atoms with Crippen LogP contribution in [-0.2, 0) is 11.3 Å². The van der Waals surface area contributed by atoms with E-state index in [-0.39, 0.29) is 5.91 Å². The Morgan fingerprint density at radius 2 is 2.10 bits per heavy atom. The number of rotatable bonds is 6. The van der Waals surface area contributed by atoms with Crippen LogP contribution in [0.25, 0.3) is 0 Å². The van der Waals surface area contributed by atoms with Crippen molar-refractivity contribution in [3.8, 4) is 11.8 Å². The number of nitriles is 1. The number of carbonyl (C=O) groups is 1. The first kappa shape index (κ1) is 21.1. The molecular weight excluding hydrogens is 438 g/mol. The van der Waals surface area contributed by atoms with Crippen molar-refractivity contribution in [1.29, 1.82) is 5.26 Å². The summed E-state index contributed by atoms with van der Waals surface area (Å²) < 4.78 is 12.0. The third-order valence-electron chi connectivity index (χ3n) is 4.83. The van der Waals surface area contributed by atoms with Crippen LogP contribution in [0.4, 0.5) is 5.88 Å². The van der Waals surface area contributed by atoms with Crippen molar-refractivity contribution >= 4 is 27.7 Å². The summed E-state index contributed by atoms with van der Waals surface area (Å²) in [6, 6.07) is 7.91. The van der Waals surface area contributed by atoms with Gasteiger partial charge in [-0.2, -0.15) is 5.26 Å². The molecule has 29 heavy (non-hydrogen) atoms. The molecule has 1 aliphatic heterocycles. The number of nitrogens with zero attached hydrogens (tertiary/aromatic N) is 5. The number of aromatic nitrogens is 1. The summed E-state index contributed by atoms with van der Waals surface area (Å²) in [6.07, 6.45) is 0. The molecule has 0 N–H and O–H groups in total. The molecule has 9 heteroatoms. The smallest absolute Gasteiger partial charge is 0.236 e. The molecule has 2 aromatic rings. The number of hydrogen-bond donors (Lipinski definition) is 0. The average molecular weight is 462 g/mol. The normalized spacial score (nSPS) is 14.2. The van der Waals surface area contributed by atoms with Gasteiger partial charge in [-0.05, 0) is 25.2 Å². The predicted octanol–water partition coefficient (Wildman–Crippen LogP) is 2.41. The number of benzene rings is 1. The number of amides is 1. The van der Waals surface area contributed by atoms with E-state index < -0.39 is 0 Å². The number of aryl methyl sites for hydroxylation is 1. The van der Waals surface area contributed by atoms with Crippen molar-refractivity contribution in [3.63, 3.8) is 0 Å². The number of carbonyl (C=O) groups excluding carboxylic acids is 1. The standard InChI is InChI=1S/C20H24BrN5O3/c1-14-23-17(11-22)20(29-14)26-8-6-25(7-9-26)19(27)13-24(2)12-15-10-16(21)4-5-18(15)28-3/h4-5,10H,6-9,12-13H2,1-3H3. The lowest BCUT2D eigenvalue weighted by Crippen LogP contribution is -2.51. The van der Waals surface area contributed by atoms with E-state index in [1.807, 2.05) is 39.9 Å². The number of hydrogen-bond acceptors (Lipinski definition) is 7. The largest absolute Gasteiger partial charge is 0.496 e. The van der Waals surface area contributed by atoms with Crippen LogP contribution >= 0.6 is 15.9 Å². The Hall–Kier alpha value is -2.57.